The van der Waals surface area contributed by atoms with Gasteiger partial charge in [-0.1, -0.05) is 17.7 Å². The number of β-amino-alcohol motifs (C(OH)–C–C–N with tert-alkyl or cyclic N) is 1. The molecule has 2 aliphatic heterocycles. The van der Waals surface area contributed by atoms with E-state index >= 15 is 0 Å². The summed E-state index contributed by atoms with van der Waals surface area (Å²) >= 11 is 0. The molecule has 0 spiro atoms. The van der Waals surface area contributed by atoms with Crippen molar-refractivity contribution < 1.29 is 9.90 Å². The number of carbonyl (C=O) groups excluding carboxylic acids is 1. The van der Waals surface area contributed by atoms with Crippen LogP contribution in [-0.2, 0) is 4.79 Å². The monoisotopic (exact) mass is 288 g/mol. The first kappa shape index (κ1) is 14.5. The van der Waals surface area contributed by atoms with Gasteiger partial charge >= 0.3 is 0 Å². The molecule has 0 bridgehead atoms. The molecule has 1 N–H and O–H groups in total. The van der Waals surface area contributed by atoms with Gasteiger partial charge in [0, 0.05) is 18.8 Å². The van der Waals surface area contributed by atoms with E-state index < -0.39 is 0 Å². The maximum Gasteiger partial charge on any atom is 0.244 e. The summed E-state index contributed by atoms with van der Waals surface area (Å²) in [6, 6.07) is 8.10. The minimum absolute atomic E-state index is 0.0602. The molecule has 21 heavy (non-hydrogen) atoms. The first-order chi connectivity index (χ1) is 10.1. The second kappa shape index (κ2) is 6.16. The SMILES string of the molecule is Cc1ccc(N2CCCC(N3CCCC(O)C3)C2=O)cc1. The van der Waals surface area contributed by atoms with Crippen LogP contribution in [-0.4, -0.2) is 47.7 Å². The van der Waals surface area contributed by atoms with Crippen LogP contribution in [0.2, 0.25) is 0 Å². The quantitative estimate of drug-likeness (QED) is 0.904. The molecule has 2 fully saturated rings. The molecule has 4 heteroatoms. The Morgan fingerprint density at radius 1 is 1.10 bits per heavy atom. The summed E-state index contributed by atoms with van der Waals surface area (Å²) < 4.78 is 0. The van der Waals surface area contributed by atoms with Crippen molar-refractivity contribution in [1.82, 2.24) is 4.90 Å². The van der Waals surface area contributed by atoms with Gasteiger partial charge in [0.15, 0.2) is 0 Å². The molecule has 1 aromatic rings. The van der Waals surface area contributed by atoms with Crippen molar-refractivity contribution in [2.24, 2.45) is 0 Å². The number of aliphatic hydroxyl groups excluding tert-OH is 1. The van der Waals surface area contributed by atoms with E-state index in [1.807, 2.05) is 17.0 Å². The van der Waals surface area contributed by atoms with E-state index in [0.717, 1.165) is 44.5 Å². The Kier molecular flexibility index (Phi) is 4.27. The Hall–Kier alpha value is -1.39. The zero-order chi connectivity index (χ0) is 14.8. The van der Waals surface area contributed by atoms with E-state index in [2.05, 4.69) is 24.0 Å². The average molecular weight is 288 g/mol. The summed E-state index contributed by atoms with van der Waals surface area (Å²) in [5, 5.41) is 9.84. The van der Waals surface area contributed by atoms with Gasteiger partial charge < -0.3 is 10.0 Å². The van der Waals surface area contributed by atoms with Crippen LogP contribution in [0.1, 0.15) is 31.2 Å². The minimum Gasteiger partial charge on any atom is -0.392 e. The Morgan fingerprint density at radius 2 is 1.81 bits per heavy atom. The number of likely N-dealkylation sites (tertiary alicyclic amines) is 1. The Labute approximate surface area is 126 Å². The number of carbonyl (C=O) groups is 1. The highest BCUT2D eigenvalue weighted by Gasteiger charge is 2.35. The van der Waals surface area contributed by atoms with Crippen molar-refractivity contribution in [3.05, 3.63) is 29.8 Å². The fourth-order valence-electron chi connectivity index (χ4n) is 3.44. The third kappa shape index (κ3) is 3.11. The number of hydrogen-bond acceptors (Lipinski definition) is 3. The molecule has 1 amide bonds. The van der Waals surface area contributed by atoms with E-state index in [1.54, 1.807) is 0 Å². The highest BCUT2D eigenvalue weighted by molar-refractivity contribution is 5.97. The topological polar surface area (TPSA) is 43.8 Å². The molecule has 0 saturated carbocycles. The molecule has 0 aromatic heterocycles. The molecule has 4 nitrogen and oxygen atoms in total. The van der Waals surface area contributed by atoms with Crippen LogP contribution < -0.4 is 4.90 Å². The van der Waals surface area contributed by atoms with Gasteiger partial charge in [0.2, 0.25) is 5.91 Å². The van der Waals surface area contributed by atoms with Crippen molar-refractivity contribution >= 4 is 11.6 Å². The summed E-state index contributed by atoms with van der Waals surface area (Å²) in [6.07, 6.45) is 3.50. The van der Waals surface area contributed by atoms with Crippen LogP contribution in [0.15, 0.2) is 24.3 Å². The highest BCUT2D eigenvalue weighted by atomic mass is 16.3. The zero-order valence-electron chi connectivity index (χ0n) is 12.7. The summed E-state index contributed by atoms with van der Waals surface area (Å²) in [5.41, 5.74) is 2.20. The molecule has 2 unspecified atom stereocenters. The van der Waals surface area contributed by atoms with E-state index in [1.165, 1.54) is 5.56 Å². The Morgan fingerprint density at radius 3 is 2.52 bits per heavy atom. The third-order valence-electron chi connectivity index (χ3n) is 4.62. The zero-order valence-corrected chi connectivity index (χ0v) is 12.7. The maximum atomic E-state index is 12.8. The predicted molar refractivity (Wildman–Crippen MR) is 83.4 cm³/mol. The van der Waals surface area contributed by atoms with Gasteiger partial charge in [0.25, 0.3) is 0 Å². The number of anilines is 1. The van der Waals surface area contributed by atoms with E-state index in [9.17, 15) is 9.90 Å². The summed E-state index contributed by atoms with van der Waals surface area (Å²) in [6.45, 7) is 4.42. The molecule has 1 aromatic carbocycles. The number of hydrogen-bond donors (Lipinski definition) is 1. The lowest BCUT2D eigenvalue weighted by molar-refractivity contribution is -0.126. The Balaban J connectivity index is 1.75. The molecule has 2 heterocycles. The molecule has 2 saturated heterocycles. The normalized spacial score (nSPS) is 27.9. The van der Waals surface area contributed by atoms with Crippen LogP contribution >= 0.6 is 0 Å². The number of benzene rings is 1. The van der Waals surface area contributed by atoms with Crippen molar-refractivity contribution in [1.29, 1.82) is 0 Å². The molecule has 2 atom stereocenters. The lowest BCUT2D eigenvalue weighted by Gasteiger charge is -2.41. The molecular formula is C17H24N2O2. The smallest absolute Gasteiger partial charge is 0.244 e. The predicted octanol–water partition coefficient (Wildman–Crippen LogP) is 1.95. The van der Waals surface area contributed by atoms with Crippen LogP contribution in [0.25, 0.3) is 0 Å². The summed E-state index contributed by atoms with van der Waals surface area (Å²) in [4.78, 5) is 16.9. The van der Waals surface area contributed by atoms with Gasteiger partial charge in [-0.3, -0.25) is 9.69 Å². The molecule has 0 radical (unpaired) electrons. The first-order valence-corrected chi connectivity index (χ1v) is 7.95. The van der Waals surface area contributed by atoms with Crippen LogP contribution in [0.5, 0.6) is 0 Å². The van der Waals surface area contributed by atoms with Gasteiger partial charge in [-0.25, -0.2) is 0 Å². The standard InChI is InChI=1S/C17H24N2O2/c1-13-6-8-14(9-7-13)19-11-3-5-16(17(19)21)18-10-2-4-15(20)12-18/h6-9,15-16,20H,2-5,10-12H2,1H3. The van der Waals surface area contributed by atoms with Gasteiger partial charge in [0.05, 0.1) is 12.1 Å². The van der Waals surface area contributed by atoms with Crippen LogP contribution in [0.3, 0.4) is 0 Å². The van der Waals surface area contributed by atoms with Gasteiger partial charge in [0.1, 0.15) is 0 Å². The lowest BCUT2D eigenvalue weighted by atomic mass is 9.98. The summed E-state index contributed by atoms with van der Waals surface area (Å²) in [5.74, 6) is 0.194. The summed E-state index contributed by atoms with van der Waals surface area (Å²) in [7, 11) is 0. The largest absolute Gasteiger partial charge is 0.392 e. The van der Waals surface area contributed by atoms with Gasteiger partial charge in [-0.05, 0) is 51.3 Å². The second-order valence-corrected chi connectivity index (χ2v) is 6.27. The van der Waals surface area contributed by atoms with E-state index in [-0.39, 0.29) is 18.1 Å². The fourth-order valence-corrected chi connectivity index (χ4v) is 3.44. The number of amides is 1. The molecular weight excluding hydrogens is 264 g/mol. The van der Waals surface area contributed by atoms with Crippen molar-refractivity contribution in [2.45, 2.75) is 44.8 Å². The average Bonchev–Trinajstić information content (AvgIpc) is 2.48. The third-order valence-corrected chi connectivity index (χ3v) is 4.62. The maximum absolute atomic E-state index is 12.8. The van der Waals surface area contributed by atoms with Crippen LogP contribution in [0, 0.1) is 6.92 Å². The minimum atomic E-state index is -0.277. The molecule has 114 valence electrons. The fraction of sp³-hybridized carbons (Fsp3) is 0.588. The van der Waals surface area contributed by atoms with Crippen molar-refractivity contribution in [3.8, 4) is 0 Å². The number of aryl methyl sites for hydroxylation is 1. The number of aliphatic hydroxyl groups is 1. The molecule has 2 aliphatic rings. The molecule has 3 rings (SSSR count). The van der Waals surface area contributed by atoms with Crippen molar-refractivity contribution in [3.63, 3.8) is 0 Å². The number of rotatable bonds is 2. The first-order valence-electron chi connectivity index (χ1n) is 7.95. The van der Waals surface area contributed by atoms with Crippen molar-refractivity contribution in [2.75, 3.05) is 24.5 Å². The highest BCUT2D eigenvalue weighted by Crippen LogP contribution is 2.26. The second-order valence-electron chi connectivity index (χ2n) is 6.27. The lowest BCUT2D eigenvalue weighted by Crippen LogP contribution is -2.55. The van der Waals surface area contributed by atoms with E-state index in [0.29, 0.717) is 6.54 Å². The number of piperidine rings is 2. The van der Waals surface area contributed by atoms with Gasteiger partial charge in [-0.2, -0.15) is 0 Å². The number of nitrogens with zero attached hydrogens (tertiary/aromatic N) is 2. The Bertz CT molecular complexity index is 500. The van der Waals surface area contributed by atoms with E-state index in [4.69, 9.17) is 0 Å². The molecule has 0 aliphatic carbocycles. The van der Waals surface area contributed by atoms with Gasteiger partial charge in [-0.15, -0.1) is 0 Å². The van der Waals surface area contributed by atoms with Crippen LogP contribution in [0.4, 0.5) is 5.69 Å².